The fourth-order valence-corrected chi connectivity index (χ4v) is 3.83. The minimum atomic E-state index is 0.609. The summed E-state index contributed by atoms with van der Waals surface area (Å²) < 4.78 is 6.07. The maximum atomic E-state index is 5.27. The van der Waals surface area contributed by atoms with Gasteiger partial charge in [-0.1, -0.05) is 0 Å². The van der Waals surface area contributed by atoms with Crippen LogP contribution in [0.3, 0.4) is 0 Å². The number of piperidine rings is 2. The second-order valence-electron chi connectivity index (χ2n) is 5.71. The van der Waals surface area contributed by atoms with E-state index in [4.69, 9.17) is 4.74 Å². The number of nitrogens with zero attached hydrogens (tertiary/aromatic N) is 4. The summed E-state index contributed by atoms with van der Waals surface area (Å²) in [6.45, 7) is 3.32. The molecule has 2 aliphatic rings. The highest BCUT2D eigenvalue weighted by atomic mass is 79.9. The summed E-state index contributed by atoms with van der Waals surface area (Å²) in [6.07, 6.45) is 5.60. The molecule has 2 unspecified atom stereocenters. The van der Waals surface area contributed by atoms with Crippen molar-refractivity contribution in [2.24, 2.45) is 5.92 Å². The molecular weight excluding hydrogens is 320 g/mol. The first-order valence-corrected chi connectivity index (χ1v) is 8.00. The second-order valence-corrected chi connectivity index (χ2v) is 6.57. The summed E-state index contributed by atoms with van der Waals surface area (Å²) in [5.41, 5.74) is 0. The molecule has 3 rings (SSSR count). The molecule has 2 aliphatic heterocycles. The average molecular weight is 341 g/mol. The lowest BCUT2D eigenvalue weighted by atomic mass is 9.84. The van der Waals surface area contributed by atoms with Gasteiger partial charge in [-0.25, -0.2) is 4.98 Å². The van der Waals surface area contributed by atoms with E-state index in [1.165, 1.54) is 25.8 Å². The van der Waals surface area contributed by atoms with E-state index >= 15 is 0 Å². The van der Waals surface area contributed by atoms with Gasteiger partial charge in [0.05, 0.1) is 17.8 Å². The molecule has 0 amide bonds. The molecule has 6 heteroatoms. The third-order valence-corrected chi connectivity index (χ3v) is 5.07. The van der Waals surface area contributed by atoms with Crippen molar-refractivity contribution in [2.75, 3.05) is 38.7 Å². The Kier molecular flexibility index (Phi) is 4.12. The van der Waals surface area contributed by atoms with Gasteiger partial charge < -0.3 is 14.5 Å². The van der Waals surface area contributed by atoms with E-state index in [1.54, 1.807) is 13.3 Å². The Labute approximate surface area is 128 Å². The molecule has 2 fully saturated rings. The molecule has 0 radical (unpaired) electrons. The first-order chi connectivity index (χ1) is 9.69. The van der Waals surface area contributed by atoms with Crippen molar-refractivity contribution >= 4 is 21.9 Å². The molecule has 0 N–H and O–H groups in total. The number of methoxy groups -OCH3 is 1. The molecule has 0 bridgehead atoms. The SMILES string of the molecule is COc1nc(N2CCC3C(CCCN3C)C2)ncc1Br. The van der Waals surface area contributed by atoms with Crippen LogP contribution in [0.5, 0.6) is 5.88 Å². The van der Waals surface area contributed by atoms with E-state index in [0.29, 0.717) is 5.88 Å². The fraction of sp³-hybridized carbons (Fsp3) is 0.714. The molecule has 1 aromatic heterocycles. The Morgan fingerprint density at radius 1 is 1.35 bits per heavy atom. The van der Waals surface area contributed by atoms with Gasteiger partial charge in [-0.2, -0.15) is 4.98 Å². The van der Waals surface area contributed by atoms with Crippen molar-refractivity contribution in [3.63, 3.8) is 0 Å². The Morgan fingerprint density at radius 2 is 2.20 bits per heavy atom. The monoisotopic (exact) mass is 340 g/mol. The molecule has 0 aromatic carbocycles. The summed E-state index contributed by atoms with van der Waals surface area (Å²) in [6, 6.07) is 0.734. The van der Waals surface area contributed by atoms with Gasteiger partial charge in [0.2, 0.25) is 11.8 Å². The predicted molar refractivity (Wildman–Crippen MR) is 82.3 cm³/mol. The zero-order valence-electron chi connectivity index (χ0n) is 12.0. The fourth-order valence-electron chi connectivity index (χ4n) is 3.47. The Morgan fingerprint density at radius 3 is 3.00 bits per heavy atom. The summed E-state index contributed by atoms with van der Waals surface area (Å²) in [5.74, 6) is 2.13. The zero-order valence-corrected chi connectivity index (χ0v) is 13.6. The molecular formula is C14H21BrN4O. The van der Waals surface area contributed by atoms with Crippen molar-refractivity contribution in [1.29, 1.82) is 0 Å². The van der Waals surface area contributed by atoms with Crippen LogP contribution < -0.4 is 9.64 Å². The Balaban J connectivity index is 1.76. The van der Waals surface area contributed by atoms with E-state index < -0.39 is 0 Å². The van der Waals surface area contributed by atoms with Gasteiger partial charge in [-0.05, 0) is 54.7 Å². The Bertz CT molecular complexity index is 484. The molecule has 2 saturated heterocycles. The molecule has 0 spiro atoms. The molecule has 2 atom stereocenters. The third-order valence-electron chi connectivity index (χ3n) is 4.52. The van der Waals surface area contributed by atoms with Gasteiger partial charge >= 0.3 is 0 Å². The second kappa shape index (κ2) is 5.85. The minimum absolute atomic E-state index is 0.609. The van der Waals surface area contributed by atoms with Gasteiger partial charge in [0.1, 0.15) is 0 Å². The molecule has 20 heavy (non-hydrogen) atoms. The quantitative estimate of drug-likeness (QED) is 0.825. The highest BCUT2D eigenvalue weighted by Crippen LogP contribution is 2.32. The smallest absolute Gasteiger partial charge is 0.232 e. The molecule has 3 heterocycles. The number of likely N-dealkylation sites (tertiary alicyclic amines) is 1. The lowest BCUT2D eigenvalue weighted by Gasteiger charge is -2.45. The van der Waals surface area contributed by atoms with Crippen LogP contribution in [0.25, 0.3) is 0 Å². The van der Waals surface area contributed by atoms with E-state index in [1.807, 2.05) is 0 Å². The number of hydrogen-bond donors (Lipinski definition) is 0. The molecule has 1 aromatic rings. The van der Waals surface area contributed by atoms with Gasteiger partial charge in [0.25, 0.3) is 0 Å². The van der Waals surface area contributed by atoms with E-state index in [9.17, 15) is 0 Å². The predicted octanol–water partition coefficient (Wildman–Crippen LogP) is 2.17. The van der Waals surface area contributed by atoms with Gasteiger partial charge in [-0.15, -0.1) is 0 Å². The van der Waals surface area contributed by atoms with E-state index in [-0.39, 0.29) is 0 Å². The van der Waals surface area contributed by atoms with Crippen LogP contribution in [0.4, 0.5) is 5.95 Å². The lowest BCUT2D eigenvalue weighted by molar-refractivity contribution is 0.102. The van der Waals surface area contributed by atoms with Crippen LogP contribution in [-0.4, -0.2) is 54.7 Å². The van der Waals surface area contributed by atoms with Crippen LogP contribution in [-0.2, 0) is 0 Å². The number of hydrogen-bond acceptors (Lipinski definition) is 5. The van der Waals surface area contributed by atoms with Gasteiger partial charge in [-0.3, -0.25) is 0 Å². The number of anilines is 1. The molecule has 0 aliphatic carbocycles. The highest BCUT2D eigenvalue weighted by molar-refractivity contribution is 9.10. The van der Waals surface area contributed by atoms with Crippen LogP contribution >= 0.6 is 15.9 Å². The van der Waals surface area contributed by atoms with Crippen LogP contribution in [0, 0.1) is 5.92 Å². The van der Waals surface area contributed by atoms with Crippen LogP contribution in [0.15, 0.2) is 10.7 Å². The van der Waals surface area contributed by atoms with Crippen molar-refractivity contribution < 1.29 is 4.74 Å². The first kappa shape index (κ1) is 14.1. The zero-order chi connectivity index (χ0) is 14.1. The van der Waals surface area contributed by atoms with Crippen molar-refractivity contribution in [3.05, 3.63) is 10.7 Å². The highest BCUT2D eigenvalue weighted by Gasteiger charge is 2.35. The van der Waals surface area contributed by atoms with E-state index in [0.717, 1.165) is 35.5 Å². The van der Waals surface area contributed by atoms with Crippen LogP contribution in [0.2, 0.25) is 0 Å². The molecule has 5 nitrogen and oxygen atoms in total. The van der Waals surface area contributed by atoms with Crippen LogP contribution in [0.1, 0.15) is 19.3 Å². The summed E-state index contributed by atoms with van der Waals surface area (Å²) in [5, 5.41) is 0. The summed E-state index contributed by atoms with van der Waals surface area (Å²) in [7, 11) is 3.89. The number of fused-ring (bicyclic) bond motifs is 1. The summed E-state index contributed by atoms with van der Waals surface area (Å²) in [4.78, 5) is 13.8. The topological polar surface area (TPSA) is 41.5 Å². The van der Waals surface area contributed by atoms with Gasteiger partial charge in [0.15, 0.2) is 0 Å². The van der Waals surface area contributed by atoms with Crippen molar-refractivity contribution in [3.8, 4) is 5.88 Å². The number of rotatable bonds is 2. The van der Waals surface area contributed by atoms with Crippen molar-refractivity contribution in [1.82, 2.24) is 14.9 Å². The van der Waals surface area contributed by atoms with Gasteiger partial charge in [0, 0.05) is 19.1 Å². The Hall–Kier alpha value is -0.880. The van der Waals surface area contributed by atoms with E-state index in [2.05, 4.69) is 42.7 Å². The third kappa shape index (κ3) is 2.63. The number of halogens is 1. The molecule has 110 valence electrons. The summed E-state index contributed by atoms with van der Waals surface area (Å²) >= 11 is 3.40. The number of aromatic nitrogens is 2. The van der Waals surface area contributed by atoms with Crippen molar-refractivity contribution in [2.45, 2.75) is 25.3 Å². The maximum absolute atomic E-state index is 5.27. The average Bonchev–Trinajstić information content (AvgIpc) is 2.47. The maximum Gasteiger partial charge on any atom is 0.232 e. The largest absolute Gasteiger partial charge is 0.480 e. The first-order valence-electron chi connectivity index (χ1n) is 7.20. The molecule has 0 saturated carbocycles. The standard InChI is InChI=1S/C14H21BrN4O/c1-18-6-3-4-10-9-19(7-5-12(10)18)14-16-8-11(15)13(17-14)20-2/h8,10,12H,3-7,9H2,1-2H3. The lowest BCUT2D eigenvalue weighted by Crippen LogP contribution is -2.53. The normalized spacial score (nSPS) is 27.2. The minimum Gasteiger partial charge on any atom is -0.480 e. The number of ether oxygens (including phenoxy) is 1.